The highest BCUT2D eigenvalue weighted by molar-refractivity contribution is 7.99. The topological polar surface area (TPSA) is 103 Å². The van der Waals surface area contributed by atoms with E-state index in [9.17, 15) is 9.59 Å². The Hall–Kier alpha value is -1.61. The van der Waals surface area contributed by atoms with Gasteiger partial charge in [-0.3, -0.25) is 9.59 Å². The lowest BCUT2D eigenvalue weighted by Gasteiger charge is -2.31. The molecule has 1 saturated carbocycles. The molecule has 1 aliphatic carbocycles. The number of hydrogen-bond donors (Lipinski definition) is 1. The van der Waals surface area contributed by atoms with Crippen LogP contribution in [0.5, 0.6) is 0 Å². The van der Waals surface area contributed by atoms with Crippen LogP contribution < -0.4 is 5.73 Å². The molecule has 1 atom stereocenters. The molecule has 9 heteroatoms. The Morgan fingerprint density at radius 2 is 2.17 bits per heavy atom. The highest BCUT2D eigenvalue weighted by Gasteiger charge is 2.30. The number of amides is 2. The van der Waals surface area contributed by atoms with Crippen LogP contribution in [0.1, 0.15) is 38.1 Å². The maximum atomic E-state index is 12.4. The molecule has 24 heavy (non-hydrogen) atoms. The van der Waals surface area contributed by atoms with E-state index in [1.807, 2.05) is 11.8 Å². The van der Waals surface area contributed by atoms with Crippen molar-refractivity contribution in [2.75, 3.05) is 25.4 Å². The number of hydrogen-bond acceptors (Lipinski definition) is 6. The molecule has 0 spiro atoms. The fourth-order valence-corrected chi connectivity index (χ4v) is 3.70. The Morgan fingerprint density at radius 3 is 2.83 bits per heavy atom. The first-order chi connectivity index (χ1) is 11.5. The van der Waals surface area contributed by atoms with Crippen molar-refractivity contribution in [3.63, 3.8) is 0 Å². The summed E-state index contributed by atoms with van der Waals surface area (Å²) >= 11 is 1.41. The van der Waals surface area contributed by atoms with E-state index in [4.69, 9.17) is 10.5 Å². The van der Waals surface area contributed by atoms with Crippen LogP contribution in [0, 0.1) is 0 Å². The maximum Gasteiger partial charge on any atom is 0.233 e. The summed E-state index contributed by atoms with van der Waals surface area (Å²) in [4.78, 5) is 25.2. The van der Waals surface area contributed by atoms with Crippen molar-refractivity contribution in [1.82, 2.24) is 19.7 Å². The lowest BCUT2D eigenvalue weighted by atomic mass is 10.3. The van der Waals surface area contributed by atoms with Gasteiger partial charge in [0.05, 0.1) is 18.5 Å². The Morgan fingerprint density at radius 1 is 1.38 bits per heavy atom. The Balaban J connectivity index is 1.60. The number of ether oxygens (including phenoxy) is 1. The van der Waals surface area contributed by atoms with Crippen molar-refractivity contribution in [3.8, 4) is 0 Å². The van der Waals surface area contributed by atoms with E-state index in [0.29, 0.717) is 37.9 Å². The van der Waals surface area contributed by atoms with Gasteiger partial charge in [-0.2, -0.15) is 0 Å². The quantitative estimate of drug-likeness (QED) is 0.711. The second-order valence-electron chi connectivity index (χ2n) is 6.28. The zero-order valence-electron chi connectivity index (χ0n) is 13.8. The second-order valence-corrected chi connectivity index (χ2v) is 7.22. The summed E-state index contributed by atoms with van der Waals surface area (Å²) in [6.45, 7) is 3.84. The average Bonchev–Trinajstić information content (AvgIpc) is 3.31. The van der Waals surface area contributed by atoms with Crippen LogP contribution in [0.3, 0.4) is 0 Å². The molecule has 2 N–H and O–H groups in total. The third kappa shape index (κ3) is 4.27. The minimum atomic E-state index is -0.342. The van der Waals surface area contributed by atoms with Gasteiger partial charge in [-0.05, 0) is 19.8 Å². The second kappa shape index (κ2) is 7.52. The van der Waals surface area contributed by atoms with Crippen LogP contribution in [0.15, 0.2) is 5.16 Å². The number of carbonyl (C=O) groups is 2. The van der Waals surface area contributed by atoms with Gasteiger partial charge in [0.15, 0.2) is 5.16 Å². The van der Waals surface area contributed by atoms with E-state index in [0.717, 1.165) is 23.8 Å². The first kappa shape index (κ1) is 17.2. The molecule has 1 saturated heterocycles. The summed E-state index contributed by atoms with van der Waals surface area (Å²) in [5, 5.41) is 9.16. The minimum Gasteiger partial charge on any atom is -0.375 e. The molecule has 0 bridgehead atoms. The van der Waals surface area contributed by atoms with Crippen molar-refractivity contribution in [1.29, 1.82) is 0 Å². The monoisotopic (exact) mass is 353 g/mol. The third-order valence-electron chi connectivity index (χ3n) is 4.16. The molecular formula is C15H23N5O3S. The van der Waals surface area contributed by atoms with Crippen molar-refractivity contribution in [2.45, 2.75) is 49.9 Å². The largest absolute Gasteiger partial charge is 0.375 e. The molecule has 0 radical (unpaired) electrons. The summed E-state index contributed by atoms with van der Waals surface area (Å²) in [6.07, 6.45) is 3.02. The lowest BCUT2D eigenvalue weighted by molar-refractivity contribution is -0.135. The predicted octanol–water partition coefficient (Wildman–Crippen LogP) is 0.370. The van der Waals surface area contributed by atoms with Gasteiger partial charge in [-0.15, -0.1) is 10.2 Å². The Labute approximate surface area is 145 Å². The van der Waals surface area contributed by atoms with E-state index in [-0.39, 0.29) is 24.3 Å². The normalized spacial score (nSPS) is 21.0. The summed E-state index contributed by atoms with van der Waals surface area (Å²) in [5.74, 6) is 0.879. The number of thioether (sulfide) groups is 1. The number of nitrogens with zero attached hydrogens (tertiary/aromatic N) is 4. The molecule has 0 aromatic carbocycles. The van der Waals surface area contributed by atoms with Crippen LogP contribution in [0.25, 0.3) is 0 Å². The van der Waals surface area contributed by atoms with Crippen molar-refractivity contribution in [2.24, 2.45) is 5.73 Å². The van der Waals surface area contributed by atoms with E-state index < -0.39 is 0 Å². The van der Waals surface area contributed by atoms with Crippen LogP contribution in [0.4, 0.5) is 0 Å². The van der Waals surface area contributed by atoms with Gasteiger partial charge < -0.3 is 19.9 Å². The third-order valence-corrected chi connectivity index (χ3v) is 5.09. The van der Waals surface area contributed by atoms with E-state index in [1.165, 1.54) is 11.8 Å². The van der Waals surface area contributed by atoms with E-state index >= 15 is 0 Å². The molecule has 2 fully saturated rings. The van der Waals surface area contributed by atoms with Crippen molar-refractivity contribution in [3.05, 3.63) is 5.82 Å². The van der Waals surface area contributed by atoms with E-state index in [1.54, 1.807) is 0 Å². The molecule has 3 rings (SSSR count). The zero-order valence-corrected chi connectivity index (χ0v) is 14.6. The summed E-state index contributed by atoms with van der Waals surface area (Å²) < 4.78 is 7.54. The first-order valence-electron chi connectivity index (χ1n) is 8.29. The van der Waals surface area contributed by atoms with Crippen molar-refractivity contribution >= 4 is 23.6 Å². The predicted molar refractivity (Wildman–Crippen MR) is 88.5 cm³/mol. The van der Waals surface area contributed by atoms with Gasteiger partial charge in [-0.25, -0.2) is 0 Å². The highest BCUT2D eigenvalue weighted by Crippen LogP contribution is 2.39. The fourth-order valence-electron chi connectivity index (χ4n) is 2.77. The molecule has 1 aromatic heterocycles. The van der Waals surface area contributed by atoms with Gasteiger partial charge in [-0.1, -0.05) is 11.8 Å². The molecule has 8 nitrogen and oxygen atoms in total. The molecule has 2 heterocycles. The van der Waals surface area contributed by atoms with Gasteiger partial charge in [0.1, 0.15) is 5.82 Å². The molecule has 0 unspecified atom stereocenters. The summed E-state index contributed by atoms with van der Waals surface area (Å²) in [5.41, 5.74) is 5.22. The fraction of sp³-hybridized carbons (Fsp3) is 0.733. The molecular weight excluding hydrogens is 330 g/mol. The van der Waals surface area contributed by atoms with Gasteiger partial charge >= 0.3 is 0 Å². The molecule has 2 amide bonds. The number of morpholine rings is 1. The molecule has 2 aliphatic rings. The Bertz CT molecular complexity index is 616. The van der Waals surface area contributed by atoms with Crippen LogP contribution in [-0.2, 0) is 20.7 Å². The van der Waals surface area contributed by atoms with E-state index in [2.05, 4.69) is 14.8 Å². The highest BCUT2D eigenvalue weighted by atomic mass is 32.2. The van der Waals surface area contributed by atoms with Gasteiger partial charge in [0.2, 0.25) is 11.8 Å². The number of aromatic nitrogens is 3. The number of aryl methyl sites for hydroxylation is 1. The average molecular weight is 353 g/mol. The van der Waals surface area contributed by atoms with Crippen LogP contribution >= 0.6 is 11.8 Å². The smallest absolute Gasteiger partial charge is 0.233 e. The number of rotatable bonds is 7. The number of primary amides is 1. The summed E-state index contributed by atoms with van der Waals surface area (Å²) in [7, 11) is 0. The summed E-state index contributed by atoms with van der Waals surface area (Å²) in [6, 6.07) is 0.392. The number of nitrogens with two attached hydrogens (primary N) is 1. The minimum absolute atomic E-state index is 0.0863. The molecule has 132 valence electrons. The van der Waals surface area contributed by atoms with Gasteiger partial charge in [0.25, 0.3) is 0 Å². The molecule has 1 aliphatic heterocycles. The van der Waals surface area contributed by atoms with Crippen molar-refractivity contribution < 1.29 is 14.3 Å². The Kier molecular flexibility index (Phi) is 5.40. The first-order valence-corrected chi connectivity index (χ1v) is 9.27. The van der Waals surface area contributed by atoms with Gasteiger partial charge in [0, 0.05) is 32.0 Å². The zero-order chi connectivity index (χ0) is 17.1. The standard InChI is InChI=1S/C15H23N5O3S/c1-10-8-19(6-7-23-10)14(22)9-24-15-18-17-13(5-4-12(16)21)20(15)11-2-3-11/h10-11H,2-9H2,1H3,(H2,16,21)/t10-/m0/s1. The molecule has 1 aromatic rings. The van der Waals surface area contributed by atoms with Crippen LogP contribution in [-0.4, -0.2) is 63.0 Å². The SMILES string of the molecule is C[C@H]1CN(C(=O)CSc2nnc(CCC(N)=O)n2C2CC2)CCO1. The van der Waals surface area contributed by atoms with Crippen LogP contribution in [0.2, 0.25) is 0 Å². The lowest BCUT2D eigenvalue weighted by Crippen LogP contribution is -2.45. The number of carbonyl (C=O) groups excluding carboxylic acids is 2. The maximum absolute atomic E-state index is 12.4.